The van der Waals surface area contributed by atoms with Crippen molar-refractivity contribution in [1.29, 1.82) is 5.26 Å². The molecule has 10 heteroatoms. The zero-order chi connectivity index (χ0) is 15.0. The van der Waals surface area contributed by atoms with Crippen molar-refractivity contribution in [1.82, 2.24) is 14.5 Å². The summed E-state index contributed by atoms with van der Waals surface area (Å²) in [4.78, 5) is 8.40. The van der Waals surface area contributed by atoms with Crippen molar-refractivity contribution in [2.75, 3.05) is 12.3 Å². The standard InChI is InChI=1S/C11H13BN6O3/c13-3-12-18-5-16-11-9(10(18)14)15-4-17(11)8-1-6(20)7(2-19)21-8/h4-8,19-20H,1-2H2,(H2,14,16)/q+1/t6-,7+,8+/m0/s1. The monoisotopic (exact) mass is 288 g/mol. The molecule has 1 aliphatic heterocycles. The Morgan fingerprint density at radius 1 is 1.62 bits per heavy atom. The number of nitrogens with zero attached hydrogens (tertiary/aromatic N) is 5. The van der Waals surface area contributed by atoms with Crippen molar-refractivity contribution in [3.8, 4) is 5.97 Å². The van der Waals surface area contributed by atoms with Gasteiger partial charge in [0.2, 0.25) is 17.8 Å². The minimum absolute atomic E-state index is 0.253. The van der Waals surface area contributed by atoms with Gasteiger partial charge in [0.25, 0.3) is 0 Å². The second-order valence-electron chi connectivity index (χ2n) is 4.73. The van der Waals surface area contributed by atoms with E-state index in [1.165, 1.54) is 24.5 Å². The summed E-state index contributed by atoms with van der Waals surface area (Å²) in [5, 5.41) is 27.6. The molecular formula is C11H13BN6O3+. The van der Waals surface area contributed by atoms with Gasteiger partial charge in [0.1, 0.15) is 18.7 Å². The molecule has 0 spiro atoms. The predicted molar refractivity (Wildman–Crippen MR) is 70.5 cm³/mol. The van der Waals surface area contributed by atoms with Crippen molar-refractivity contribution in [2.24, 2.45) is 0 Å². The third kappa shape index (κ3) is 2.21. The summed E-state index contributed by atoms with van der Waals surface area (Å²) < 4.78 is 8.60. The van der Waals surface area contributed by atoms with Gasteiger partial charge in [0, 0.05) is 6.42 Å². The highest BCUT2D eigenvalue weighted by Crippen LogP contribution is 2.30. The largest absolute Gasteiger partial charge is 0.485 e. The van der Waals surface area contributed by atoms with Crippen LogP contribution in [0.15, 0.2) is 12.7 Å². The molecule has 21 heavy (non-hydrogen) atoms. The highest BCUT2D eigenvalue weighted by molar-refractivity contribution is 6.35. The summed E-state index contributed by atoms with van der Waals surface area (Å²) in [5.74, 6) is 2.16. The van der Waals surface area contributed by atoms with Gasteiger partial charge in [-0.15, -0.1) is 0 Å². The lowest BCUT2D eigenvalue weighted by Gasteiger charge is -2.12. The molecule has 0 bridgehead atoms. The first-order chi connectivity index (χ1) is 10.2. The van der Waals surface area contributed by atoms with Gasteiger partial charge in [-0.1, -0.05) is 4.98 Å². The Kier molecular flexibility index (Phi) is 3.46. The molecule has 107 valence electrons. The fourth-order valence-corrected chi connectivity index (χ4v) is 2.39. The first-order valence-corrected chi connectivity index (χ1v) is 6.35. The maximum Gasteiger partial charge on any atom is 0.485 e. The van der Waals surface area contributed by atoms with E-state index in [4.69, 9.17) is 20.8 Å². The van der Waals surface area contributed by atoms with E-state index in [-0.39, 0.29) is 12.4 Å². The average Bonchev–Trinajstić information content (AvgIpc) is 3.05. The van der Waals surface area contributed by atoms with Crippen LogP contribution >= 0.6 is 0 Å². The van der Waals surface area contributed by atoms with Crippen molar-refractivity contribution >= 4 is 24.4 Å². The Bertz CT molecular complexity index is 714. The van der Waals surface area contributed by atoms with E-state index < -0.39 is 18.4 Å². The van der Waals surface area contributed by atoms with Crippen molar-refractivity contribution in [2.45, 2.75) is 24.9 Å². The van der Waals surface area contributed by atoms with Crippen LogP contribution < -0.4 is 10.2 Å². The molecular weight excluding hydrogens is 275 g/mol. The molecule has 4 N–H and O–H groups in total. The highest BCUT2D eigenvalue weighted by Gasteiger charge is 2.36. The van der Waals surface area contributed by atoms with Crippen LogP contribution in [0.2, 0.25) is 0 Å². The molecule has 1 radical (unpaired) electrons. The van der Waals surface area contributed by atoms with Crippen molar-refractivity contribution in [3.05, 3.63) is 12.7 Å². The molecule has 0 aliphatic carbocycles. The second-order valence-corrected chi connectivity index (χ2v) is 4.73. The quantitative estimate of drug-likeness (QED) is 0.550. The molecule has 0 amide bonds. The Hall–Kier alpha value is -2.22. The molecule has 0 aromatic carbocycles. The fourth-order valence-electron chi connectivity index (χ4n) is 2.39. The topological polar surface area (TPSA) is 134 Å². The van der Waals surface area contributed by atoms with E-state index in [1.807, 2.05) is 5.97 Å². The summed E-state index contributed by atoms with van der Waals surface area (Å²) in [6.07, 6.45) is 1.43. The minimum atomic E-state index is -0.740. The summed E-state index contributed by atoms with van der Waals surface area (Å²) >= 11 is 0. The molecule has 3 rings (SSSR count). The van der Waals surface area contributed by atoms with Crippen LogP contribution in [0, 0.1) is 11.2 Å². The number of ether oxygens (including phenoxy) is 1. The van der Waals surface area contributed by atoms with E-state index >= 15 is 0 Å². The van der Waals surface area contributed by atoms with Crippen LogP contribution in [-0.4, -0.2) is 51.0 Å². The summed E-state index contributed by atoms with van der Waals surface area (Å²) in [6, 6.07) is 0. The number of anilines is 1. The van der Waals surface area contributed by atoms with Gasteiger partial charge < -0.3 is 20.7 Å². The minimum Gasteiger partial charge on any atom is -0.394 e. The zero-order valence-electron chi connectivity index (χ0n) is 11.0. The molecule has 3 atom stereocenters. The summed E-state index contributed by atoms with van der Waals surface area (Å²) in [5.41, 5.74) is 6.86. The Morgan fingerprint density at radius 3 is 3.10 bits per heavy atom. The second kappa shape index (κ2) is 5.29. The Morgan fingerprint density at radius 2 is 2.43 bits per heavy atom. The number of aromatic nitrogens is 4. The smallest absolute Gasteiger partial charge is 0.394 e. The molecule has 0 saturated carbocycles. The van der Waals surface area contributed by atoms with Crippen LogP contribution in [0.1, 0.15) is 12.6 Å². The van der Waals surface area contributed by atoms with Gasteiger partial charge in [-0.2, -0.15) is 0 Å². The van der Waals surface area contributed by atoms with Crippen LogP contribution in [0.25, 0.3) is 11.2 Å². The number of rotatable bonds is 3. The van der Waals surface area contributed by atoms with E-state index in [0.29, 0.717) is 17.6 Å². The first kappa shape index (κ1) is 13.8. The van der Waals surface area contributed by atoms with Gasteiger partial charge in [0.15, 0.2) is 5.52 Å². The molecule has 2 aromatic heterocycles. The number of fused-ring (bicyclic) bond motifs is 1. The van der Waals surface area contributed by atoms with E-state index in [0.717, 1.165) is 0 Å². The SMILES string of the molecule is N#C[B][n+]1cnc2c(ncn2[C@H]2C[C@H](O)[C@@H](CO)O2)c1N. The van der Waals surface area contributed by atoms with E-state index in [1.54, 1.807) is 4.57 Å². The van der Waals surface area contributed by atoms with Gasteiger partial charge in [-0.25, -0.2) is 10.2 Å². The fraction of sp³-hybridized carbons (Fsp3) is 0.455. The lowest BCUT2D eigenvalue weighted by atomic mass is 9.98. The van der Waals surface area contributed by atoms with Gasteiger partial charge >= 0.3 is 7.41 Å². The Balaban J connectivity index is 1.99. The summed E-state index contributed by atoms with van der Waals surface area (Å²) in [7, 11) is 1.22. The van der Waals surface area contributed by atoms with Crippen molar-refractivity contribution < 1.29 is 19.4 Å². The number of aliphatic hydroxyl groups is 2. The molecule has 9 nitrogen and oxygen atoms in total. The Labute approximate surface area is 120 Å². The van der Waals surface area contributed by atoms with Gasteiger partial charge in [0.05, 0.1) is 18.7 Å². The highest BCUT2D eigenvalue weighted by atomic mass is 16.5. The van der Waals surface area contributed by atoms with Gasteiger partial charge in [-0.05, 0) is 0 Å². The summed E-state index contributed by atoms with van der Waals surface area (Å²) in [6.45, 7) is -0.253. The lowest BCUT2D eigenvalue weighted by Crippen LogP contribution is -2.42. The normalized spacial score (nSPS) is 25.1. The number of imidazole rings is 1. The molecule has 2 aromatic rings. The van der Waals surface area contributed by atoms with Gasteiger partial charge in [-0.3, -0.25) is 9.05 Å². The third-order valence-corrected chi connectivity index (χ3v) is 3.48. The molecule has 1 fully saturated rings. The number of nitriles is 1. The number of aliphatic hydroxyl groups excluding tert-OH is 2. The third-order valence-electron chi connectivity index (χ3n) is 3.48. The molecule has 3 heterocycles. The first-order valence-electron chi connectivity index (χ1n) is 6.35. The maximum absolute atomic E-state index is 9.79. The maximum atomic E-state index is 9.79. The number of hydrogen-bond donors (Lipinski definition) is 3. The zero-order valence-corrected chi connectivity index (χ0v) is 11.0. The van der Waals surface area contributed by atoms with E-state index in [2.05, 4.69) is 9.97 Å². The van der Waals surface area contributed by atoms with Crippen molar-refractivity contribution in [3.63, 3.8) is 0 Å². The molecule has 1 aliphatic rings. The number of nitrogen functional groups attached to an aromatic ring is 1. The van der Waals surface area contributed by atoms with Crippen LogP contribution in [0.4, 0.5) is 5.82 Å². The molecule has 0 unspecified atom stereocenters. The van der Waals surface area contributed by atoms with Crippen LogP contribution in [0.5, 0.6) is 0 Å². The number of hydrogen-bond acceptors (Lipinski definition) is 7. The molecule has 1 saturated heterocycles. The predicted octanol–water partition coefficient (Wildman–Crippen LogP) is -2.11. The van der Waals surface area contributed by atoms with Crippen LogP contribution in [-0.2, 0) is 4.74 Å². The average molecular weight is 288 g/mol. The lowest BCUT2D eigenvalue weighted by molar-refractivity contribution is -0.513. The number of nitrogens with two attached hydrogens (primary N) is 1. The van der Waals surface area contributed by atoms with Crippen LogP contribution in [0.3, 0.4) is 0 Å². The van der Waals surface area contributed by atoms with E-state index in [9.17, 15) is 5.11 Å².